The van der Waals surface area contributed by atoms with Crippen LogP contribution in [0.5, 0.6) is 0 Å². The van der Waals surface area contributed by atoms with Crippen LogP contribution in [0.2, 0.25) is 0 Å². The molecule has 2 nitrogen and oxygen atoms in total. The van der Waals surface area contributed by atoms with Crippen molar-refractivity contribution < 1.29 is 4.43 Å². The molecule has 0 heterocycles. The Morgan fingerprint density at radius 2 is 1.35 bits per heavy atom. The second kappa shape index (κ2) is 7.91. The quantitative estimate of drug-likeness (QED) is 0.828. The molecule has 0 bridgehead atoms. The lowest BCUT2D eigenvalue weighted by atomic mass is 9.84. The maximum atomic E-state index is 6.72. The summed E-state index contributed by atoms with van der Waals surface area (Å²) in [6, 6.07) is 21.1. The molecule has 0 amide bonds. The Hall–Kier alpha value is -1.42. The zero-order valence-corrected chi connectivity index (χ0v) is 15.6. The first-order valence-corrected chi connectivity index (χ1v) is 9.74. The molecule has 123 valence electrons. The van der Waals surface area contributed by atoms with Gasteiger partial charge in [-0.2, -0.15) is 0 Å². The van der Waals surface area contributed by atoms with Crippen molar-refractivity contribution in [3.8, 4) is 0 Å². The van der Waals surface area contributed by atoms with Crippen molar-refractivity contribution in [2.45, 2.75) is 46.3 Å². The summed E-state index contributed by atoms with van der Waals surface area (Å²) in [5, 5.41) is 2.53. The van der Waals surface area contributed by atoms with Crippen LogP contribution < -0.4 is 16.1 Å². The highest BCUT2D eigenvalue weighted by atomic mass is 28.3. The second-order valence-corrected chi connectivity index (χ2v) is 9.09. The van der Waals surface area contributed by atoms with Gasteiger partial charge < -0.3 is 10.2 Å². The summed E-state index contributed by atoms with van der Waals surface area (Å²) in [6.45, 7) is 8.76. The Morgan fingerprint density at radius 1 is 0.913 bits per heavy atom. The summed E-state index contributed by atoms with van der Waals surface area (Å²) in [6.07, 6.45) is 0.947. The van der Waals surface area contributed by atoms with E-state index in [1.807, 2.05) is 12.1 Å². The zero-order valence-electron chi connectivity index (χ0n) is 14.6. The van der Waals surface area contributed by atoms with E-state index in [1.54, 1.807) is 0 Å². The topological polar surface area (TPSA) is 35.2 Å². The zero-order chi connectivity index (χ0) is 16.9. The van der Waals surface area contributed by atoms with Gasteiger partial charge in [-0.1, -0.05) is 88.4 Å². The van der Waals surface area contributed by atoms with Crippen molar-refractivity contribution in [1.29, 1.82) is 0 Å². The lowest BCUT2D eigenvalue weighted by Gasteiger charge is -2.37. The molecule has 2 aromatic carbocycles. The summed E-state index contributed by atoms with van der Waals surface area (Å²) >= 11 is 0. The van der Waals surface area contributed by atoms with Crippen LogP contribution in [0.4, 0.5) is 0 Å². The van der Waals surface area contributed by atoms with Gasteiger partial charge in [0.25, 0.3) is 9.04 Å². The van der Waals surface area contributed by atoms with Gasteiger partial charge in [0, 0.05) is 6.04 Å². The molecular weight excluding hydrogens is 298 g/mol. The molecule has 0 aliphatic heterocycles. The van der Waals surface area contributed by atoms with E-state index in [4.69, 9.17) is 10.2 Å². The molecule has 0 aliphatic carbocycles. The van der Waals surface area contributed by atoms with Crippen LogP contribution >= 0.6 is 0 Å². The van der Waals surface area contributed by atoms with Crippen LogP contribution in [0.3, 0.4) is 0 Å². The van der Waals surface area contributed by atoms with Crippen LogP contribution in [0.1, 0.15) is 34.1 Å². The molecule has 2 atom stereocenters. The average Bonchev–Trinajstić information content (AvgIpc) is 2.55. The van der Waals surface area contributed by atoms with E-state index in [9.17, 15) is 0 Å². The molecular formula is C20H28NOSi. The molecule has 2 N–H and O–H groups in total. The highest BCUT2D eigenvalue weighted by molar-refractivity contribution is 6.80. The Kier molecular flexibility index (Phi) is 6.16. The van der Waals surface area contributed by atoms with Gasteiger partial charge in [0.1, 0.15) is 0 Å². The van der Waals surface area contributed by atoms with Crippen LogP contribution in [-0.4, -0.2) is 21.2 Å². The Balaban J connectivity index is 2.38. The third-order valence-corrected chi connectivity index (χ3v) is 6.24. The van der Waals surface area contributed by atoms with Gasteiger partial charge in [-0.3, -0.25) is 0 Å². The number of rotatable bonds is 6. The van der Waals surface area contributed by atoms with Gasteiger partial charge >= 0.3 is 0 Å². The summed E-state index contributed by atoms with van der Waals surface area (Å²) in [5.74, 6) is 0. The normalized spacial score (nSPS) is 14.7. The van der Waals surface area contributed by atoms with Crippen LogP contribution in [-0.2, 0) is 4.43 Å². The molecule has 0 fully saturated rings. The van der Waals surface area contributed by atoms with E-state index < -0.39 is 9.04 Å². The number of hydrogen-bond donors (Lipinski definition) is 1. The van der Waals surface area contributed by atoms with E-state index in [2.05, 4.69) is 76.2 Å². The summed E-state index contributed by atoms with van der Waals surface area (Å²) < 4.78 is 6.72. The van der Waals surface area contributed by atoms with Crippen molar-refractivity contribution in [2.24, 2.45) is 11.1 Å². The molecule has 0 saturated carbocycles. The Labute approximate surface area is 142 Å². The lowest BCUT2D eigenvalue weighted by molar-refractivity contribution is 0.0642. The molecule has 0 aliphatic rings. The van der Waals surface area contributed by atoms with Crippen molar-refractivity contribution in [2.75, 3.05) is 0 Å². The van der Waals surface area contributed by atoms with E-state index in [-0.39, 0.29) is 17.6 Å². The van der Waals surface area contributed by atoms with Crippen molar-refractivity contribution in [1.82, 2.24) is 0 Å². The van der Waals surface area contributed by atoms with Gasteiger partial charge in [-0.15, -0.1) is 0 Å². The molecule has 3 heteroatoms. The van der Waals surface area contributed by atoms with Crippen LogP contribution in [0.25, 0.3) is 0 Å². The fourth-order valence-electron chi connectivity index (χ4n) is 2.73. The molecule has 1 unspecified atom stereocenters. The van der Waals surface area contributed by atoms with Gasteiger partial charge in [0.05, 0.1) is 6.10 Å². The largest absolute Gasteiger partial charge is 0.402 e. The lowest BCUT2D eigenvalue weighted by Crippen LogP contribution is -2.54. The number of nitrogens with two attached hydrogens (primary N) is 1. The Bertz CT molecular complexity index is 540. The van der Waals surface area contributed by atoms with Crippen molar-refractivity contribution in [3.05, 3.63) is 60.7 Å². The first kappa shape index (κ1) is 17.9. The van der Waals surface area contributed by atoms with Crippen LogP contribution in [0, 0.1) is 5.41 Å². The van der Waals surface area contributed by atoms with Crippen molar-refractivity contribution in [3.63, 3.8) is 0 Å². The summed E-state index contributed by atoms with van der Waals surface area (Å²) in [5.41, 5.74) is 6.41. The first-order chi connectivity index (χ1) is 10.9. The molecule has 0 saturated heterocycles. The Morgan fingerprint density at radius 3 is 1.70 bits per heavy atom. The predicted octanol–water partition coefficient (Wildman–Crippen LogP) is 2.96. The van der Waals surface area contributed by atoms with Gasteiger partial charge in [-0.25, -0.2) is 0 Å². The molecule has 0 aromatic heterocycles. The molecule has 0 spiro atoms. The van der Waals surface area contributed by atoms with Crippen molar-refractivity contribution >= 4 is 19.4 Å². The van der Waals surface area contributed by atoms with E-state index in [0.717, 1.165) is 6.42 Å². The van der Waals surface area contributed by atoms with Gasteiger partial charge in [0.2, 0.25) is 0 Å². The SMILES string of the molecule is CC[C@H](N)C(O[Si](c1ccccc1)c1ccccc1)C(C)(C)C. The number of hydrogen-bond acceptors (Lipinski definition) is 2. The monoisotopic (exact) mass is 326 g/mol. The smallest absolute Gasteiger partial charge is 0.283 e. The molecule has 1 radical (unpaired) electrons. The third-order valence-electron chi connectivity index (χ3n) is 4.03. The summed E-state index contributed by atoms with van der Waals surface area (Å²) in [4.78, 5) is 0. The highest BCUT2D eigenvalue weighted by Crippen LogP contribution is 2.26. The molecule has 2 aromatic rings. The van der Waals surface area contributed by atoms with Gasteiger partial charge in [-0.05, 0) is 22.2 Å². The second-order valence-electron chi connectivity index (χ2n) is 7.04. The fraction of sp³-hybridized carbons (Fsp3) is 0.400. The molecule has 2 rings (SSSR count). The van der Waals surface area contributed by atoms with E-state index >= 15 is 0 Å². The minimum atomic E-state index is -1.32. The standard InChI is InChI=1S/C20H28NOSi/c1-5-18(21)19(20(2,3)4)22-23(16-12-8-6-9-13-16)17-14-10-7-11-15-17/h6-15,18-19H,5,21H2,1-4H3/t18-,19?/m0/s1. The van der Waals surface area contributed by atoms with Crippen LogP contribution in [0.15, 0.2) is 60.7 Å². The minimum absolute atomic E-state index is 0.00883. The first-order valence-electron chi connectivity index (χ1n) is 8.33. The molecule has 23 heavy (non-hydrogen) atoms. The third kappa shape index (κ3) is 4.77. The highest BCUT2D eigenvalue weighted by Gasteiger charge is 2.34. The predicted molar refractivity (Wildman–Crippen MR) is 101 cm³/mol. The average molecular weight is 327 g/mol. The van der Waals surface area contributed by atoms with E-state index in [0.29, 0.717) is 0 Å². The summed E-state index contributed by atoms with van der Waals surface area (Å²) in [7, 11) is -1.32. The maximum absolute atomic E-state index is 6.72. The fourth-order valence-corrected chi connectivity index (χ4v) is 5.11. The number of benzene rings is 2. The van der Waals surface area contributed by atoms with Gasteiger partial charge in [0.15, 0.2) is 0 Å². The minimum Gasteiger partial charge on any atom is -0.402 e. The van der Waals surface area contributed by atoms with E-state index in [1.165, 1.54) is 10.4 Å². The maximum Gasteiger partial charge on any atom is 0.283 e.